The standard InChI is InChI=1S/C20H26N6O3.HI/c1-4-21-20(22-14-18-23-19(25-24-18)17-6-5-12-29-17)26(2)11-13-28-16-9-7-15(27-3)8-10-16;/h5-10,12H,4,11,13-14H2,1-3H3,(H,21,22)(H,23,24,25);1H. The molecule has 0 aliphatic carbocycles. The first-order valence-corrected chi connectivity index (χ1v) is 9.41. The lowest BCUT2D eigenvalue weighted by Gasteiger charge is -2.22. The van der Waals surface area contributed by atoms with E-state index in [1.54, 1.807) is 19.4 Å². The molecule has 30 heavy (non-hydrogen) atoms. The van der Waals surface area contributed by atoms with E-state index in [2.05, 4.69) is 25.5 Å². The van der Waals surface area contributed by atoms with Gasteiger partial charge >= 0.3 is 0 Å². The number of benzene rings is 1. The molecule has 0 radical (unpaired) electrons. The third-order valence-corrected chi connectivity index (χ3v) is 4.10. The summed E-state index contributed by atoms with van der Waals surface area (Å²) in [4.78, 5) is 11.0. The molecule has 2 N–H and O–H groups in total. The van der Waals surface area contributed by atoms with Crippen molar-refractivity contribution in [2.75, 3.05) is 33.9 Å². The summed E-state index contributed by atoms with van der Waals surface area (Å²) in [5.41, 5.74) is 0. The van der Waals surface area contributed by atoms with E-state index in [1.807, 2.05) is 49.2 Å². The van der Waals surface area contributed by atoms with E-state index in [0.29, 0.717) is 37.1 Å². The second kappa shape index (κ2) is 12.1. The smallest absolute Gasteiger partial charge is 0.216 e. The monoisotopic (exact) mass is 526 g/mol. The van der Waals surface area contributed by atoms with Gasteiger partial charge < -0.3 is 24.1 Å². The maximum Gasteiger partial charge on any atom is 0.216 e. The molecule has 0 amide bonds. The molecule has 0 saturated carbocycles. The number of nitrogens with zero attached hydrogens (tertiary/aromatic N) is 4. The predicted octanol–water partition coefficient (Wildman–Crippen LogP) is 3.17. The first-order valence-electron chi connectivity index (χ1n) is 9.41. The Hall–Kier alpha value is -2.76. The Labute approximate surface area is 192 Å². The summed E-state index contributed by atoms with van der Waals surface area (Å²) < 4.78 is 16.3. The minimum Gasteiger partial charge on any atom is -0.497 e. The van der Waals surface area contributed by atoms with Crippen LogP contribution in [-0.2, 0) is 6.54 Å². The molecule has 3 rings (SSSR count). The fourth-order valence-corrected chi connectivity index (χ4v) is 2.58. The van der Waals surface area contributed by atoms with Crippen LogP contribution < -0.4 is 14.8 Å². The second-order valence-corrected chi connectivity index (χ2v) is 6.20. The highest BCUT2D eigenvalue weighted by Gasteiger charge is 2.10. The first-order chi connectivity index (χ1) is 14.2. The van der Waals surface area contributed by atoms with Crippen LogP contribution in [0.4, 0.5) is 0 Å². The number of likely N-dealkylation sites (N-methyl/N-ethyl adjacent to an activating group) is 1. The predicted molar refractivity (Wildman–Crippen MR) is 125 cm³/mol. The van der Waals surface area contributed by atoms with Gasteiger partial charge in [-0.05, 0) is 43.3 Å². The number of aromatic amines is 1. The van der Waals surface area contributed by atoms with Crippen molar-refractivity contribution in [3.63, 3.8) is 0 Å². The summed E-state index contributed by atoms with van der Waals surface area (Å²) in [6.45, 7) is 4.36. The zero-order valence-electron chi connectivity index (χ0n) is 17.3. The molecule has 0 fully saturated rings. The Morgan fingerprint density at radius 1 is 1.23 bits per heavy atom. The number of guanidine groups is 1. The number of nitrogens with one attached hydrogen (secondary N) is 2. The summed E-state index contributed by atoms with van der Waals surface area (Å²) >= 11 is 0. The van der Waals surface area contributed by atoms with Crippen molar-refractivity contribution in [1.82, 2.24) is 25.4 Å². The Morgan fingerprint density at radius 2 is 2.00 bits per heavy atom. The van der Waals surface area contributed by atoms with E-state index in [9.17, 15) is 0 Å². The number of halogens is 1. The van der Waals surface area contributed by atoms with Crippen molar-refractivity contribution < 1.29 is 13.9 Å². The molecule has 0 aliphatic rings. The topological polar surface area (TPSA) is 101 Å². The van der Waals surface area contributed by atoms with Gasteiger partial charge in [0.05, 0.1) is 19.9 Å². The molecule has 1 aromatic carbocycles. The van der Waals surface area contributed by atoms with Gasteiger partial charge in [0.25, 0.3) is 0 Å². The Balaban J connectivity index is 0.00000320. The van der Waals surface area contributed by atoms with Crippen molar-refractivity contribution in [3.8, 4) is 23.1 Å². The second-order valence-electron chi connectivity index (χ2n) is 6.20. The number of aromatic nitrogens is 3. The zero-order valence-corrected chi connectivity index (χ0v) is 19.6. The van der Waals surface area contributed by atoms with Gasteiger partial charge in [-0.3, -0.25) is 5.10 Å². The van der Waals surface area contributed by atoms with Crippen molar-refractivity contribution in [1.29, 1.82) is 0 Å². The lowest BCUT2D eigenvalue weighted by molar-refractivity contribution is 0.281. The molecule has 0 bridgehead atoms. The number of rotatable bonds is 9. The summed E-state index contributed by atoms with van der Waals surface area (Å²) in [7, 11) is 3.61. The summed E-state index contributed by atoms with van der Waals surface area (Å²) in [5, 5.41) is 10.3. The van der Waals surface area contributed by atoms with Crippen LogP contribution in [0.15, 0.2) is 52.1 Å². The molecular weight excluding hydrogens is 499 g/mol. The highest BCUT2D eigenvalue weighted by Crippen LogP contribution is 2.17. The average Bonchev–Trinajstić information content (AvgIpc) is 3.43. The van der Waals surface area contributed by atoms with Gasteiger partial charge in [0.2, 0.25) is 5.82 Å². The van der Waals surface area contributed by atoms with E-state index in [4.69, 9.17) is 13.9 Å². The van der Waals surface area contributed by atoms with Crippen molar-refractivity contribution in [2.24, 2.45) is 4.99 Å². The first kappa shape index (κ1) is 23.5. The van der Waals surface area contributed by atoms with Gasteiger partial charge in [-0.2, -0.15) is 0 Å². The molecular formula is C20H27IN6O3. The fraction of sp³-hybridized carbons (Fsp3) is 0.350. The number of hydrogen-bond acceptors (Lipinski definition) is 6. The number of H-pyrrole nitrogens is 1. The lowest BCUT2D eigenvalue weighted by Crippen LogP contribution is -2.40. The van der Waals surface area contributed by atoms with Crippen LogP contribution in [0.5, 0.6) is 11.5 Å². The molecule has 10 heteroatoms. The van der Waals surface area contributed by atoms with E-state index in [-0.39, 0.29) is 24.0 Å². The molecule has 162 valence electrons. The van der Waals surface area contributed by atoms with Crippen LogP contribution in [0.25, 0.3) is 11.6 Å². The van der Waals surface area contributed by atoms with Gasteiger partial charge in [0, 0.05) is 13.6 Å². The van der Waals surface area contributed by atoms with Crippen molar-refractivity contribution in [2.45, 2.75) is 13.5 Å². The number of aliphatic imine (C=N–C) groups is 1. The Bertz CT molecular complexity index is 896. The van der Waals surface area contributed by atoms with Crippen molar-refractivity contribution >= 4 is 29.9 Å². The van der Waals surface area contributed by atoms with Crippen molar-refractivity contribution in [3.05, 3.63) is 48.5 Å². The molecule has 3 aromatic rings. The van der Waals surface area contributed by atoms with E-state index < -0.39 is 0 Å². The third kappa shape index (κ3) is 6.65. The third-order valence-electron chi connectivity index (χ3n) is 4.10. The van der Waals surface area contributed by atoms with Crippen LogP contribution >= 0.6 is 24.0 Å². The SMILES string of the molecule is CCNC(=NCc1nc(-c2ccco2)n[nH]1)N(C)CCOc1ccc(OC)cc1.I. The summed E-state index contributed by atoms with van der Waals surface area (Å²) in [5.74, 6) is 4.17. The Kier molecular flexibility index (Phi) is 9.45. The van der Waals surface area contributed by atoms with Crippen LogP contribution in [0.3, 0.4) is 0 Å². The molecule has 0 aliphatic heterocycles. The van der Waals surface area contributed by atoms with Gasteiger partial charge in [0.15, 0.2) is 11.7 Å². The number of ether oxygens (including phenoxy) is 2. The largest absolute Gasteiger partial charge is 0.497 e. The number of methoxy groups -OCH3 is 1. The highest BCUT2D eigenvalue weighted by molar-refractivity contribution is 14.0. The van der Waals surface area contributed by atoms with Gasteiger partial charge in [0.1, 0.15) is 30.5 Å². The van der Waals surface area contributed by atoms with Crippen LogP contribution in [0.1, 0.15) is 12.7 Å². The molecule has 9 nitrogen and oxygen atoms in total. The zero-order chi connectivity index (χ0) is 20.5. The summed E-state index contributed by atoms with van der Waals surface area (Å²) in [6.07, 6.45) is 1.59. The highest BCUT2D eigenvalue weighted by atomic mass is 127. The molecule has 0 spiro atoms. The molecule has 0 saturated heterocycles. The quantitative estimate of drug-likeness (QED) is 0.251. The lowest BCUT2D eigenvalue weighted by atomic mass is 10.3. The summed E-state index contributed by atoms with van der Waals surface area (Å²) in [6, 6.07) is 11.1. The van der Waals surface area contributed by atoms with E-state index in [0.717, 1.165) is 24.0 Å². The van der Waals surface area contributed by atoms with Crippen LogP contribution in [0, 0.1) is 0 Å². The molecule has 2 heterocycles. The minimum atomic E-state index is 0. The van der Waals surface area contributed by atoms with Crippen LogP contribution in [0.2, 0.25) is 0 Å². The maximum absolute atomic E-state index is 5.79. The molecule has 0 atom stereocenters. The van der Waals surface area contributed by atoms with E-state index in [1.165, 1.54) is 0 Å². The van der Waals surface area contributed by atoms with Crippen LogP contribution in [-0.4, -0.2) is 59.9 Å². The number of furan rings is 1. The van der Waals surface area contributed by atoms with Gasteiger partial charge in [-0.1, -0.05) is 0 Å². The number of hydrogen-bond donors (Lipinski definition) is 2. The molecule has 0 unspecified atom stereocenters. The van der Waals surface area contributed by atoms with E-state index >= 15 is 0 Å². The van der Waals surface area contributed by atoms with Gasteiger partial charge in [-0.25, -0.2) is 9.98 Å². The normalized spacial score (nSPS) is 11.0. The fourth-order valence-electron chi connectivity index (χ4n) is 2.58. The van der Waals surface area contributed by atoms with Gasteiger partial charge in [-0.15, -0.1) is 29.1 Å². The molecule has 2 aromatic heterocycles. The minimum absolute atomic E-state index is 0. The maximum atomic E-state index is 5.79. The average molecular weight is 526 g/mol. The Morgan fingerprint density at radius 3 is 2.67 bits per heavy atom.